The SMILES string of the molecule is O=C(CBr)Cc1ccc(C(F)(F)F)c(OC(F)(F)F)c1. The lowest BCUT2D eigenvalue weighted by molar-refractivity contribution is -0.276. The number of hydrogen-bond donors (Lipinski definition) is 0. The highest BCUT2D eigenvalue weighted by atomic mass is 79.9. The van der Waals surface area contributed by atoms with Crippen molar-refractivity contribution in [1.29, 1.82) is 0 Å². The molecule has 20 heavy (non-hydrogen) atoms. The summed E-state index contributed by atoms with van der Waals surface area (Å²) < 4.78 is 77.4. The van der Waals surface area contributed by atoms with E-state index in [4.69, 9.17) is 0 Å². The summed E-state index contributed by atoms with van der Waals surface area (Å²) in [6.45, 7) is 0. The summed E-state index contributed by atoms with van der Waals surface area (Å²) in [6.07, 6.45) is -10.5. The molecule has 2 nitrogen and oxygen atoms in total. The van der Waals surface area contributed by atoms with E-state index in [-0.39, 0.29) is 23.1 Å². The molecular formula is C11H7BrF6O2. The van der Waals surface area contributed by atoms with Crippen LogP contribution in [-0.2, 0) is 17.4 Å². The van der Waals surface area contributed by atoms with E-state index >= 15 is 0 Å². The van der Waals surface area contributed by atoms with Gasteiger partial charge in [0, 0.05) is 6.42 Å². The van der Waals surface area contributed by atoms with Crippen molar-refractivity contribution in [2.45, 2.75) is 19.0 Å². The van der Waals surface area contributed by atoms with Gasteiger partial charge in [-0.3, -0.25) is 4.79 Å². The Kier molecular flexibility index (Phi) is 5.06. The average molecular weight is 365 g/mol. The van der Waals surface area contributed by atoms with Gasteiger partial charge in [0.05, 0.1) is 10.9 Å². The van der Waals surface area contributed by atoms with Crippen molar-refractivity contribution in [1.82, 2.24) is 0 Å². The van der Waals surface area contributed by atoms with Gasteiger partial charge in [-0.1, -0.05) is 22.0 Å². The van der Waals surface area contributed by atoms with Crippen LogP contribution in [0.5, 0.6) is 5.75 Å². The van der Waals surface area contributed by atoms with Crippen molar-refractivity contribution in [3.05, 3.63) is 29.3 Å². The number of alkyl halides is 7. The molecule has 0 aliphatic carbocycles. The molecule has 0 saturated carbocycles. The fraction of sp³-hybridized carbons (Fsp3) is 0.364. The van der Waals surface area contributed by atoms with Gasteiger partial charge in [0.15, 0.2) is 0 Å². The standard InChI is InChI=1S/C11H7BrF6O2/c12-5-7(19)3-6-1-2-8(10(13,14)15)9(4-6)20-11(16,17)18/h1-2,4H,3,5H2. The Balaban J connectivity index is 3.18. The molecule has 9 heteroatoms. The van der Waals surface area contributed by atoms with Gasteiger partial charge < -0.3 is 4.74 Å². The first-order valence-corrected chi connectivity index (χ1v) is 6.18. The maximum absolute atomic E-state index is 12.6. The number of carbonyl (C=O) groups is 1. The third-order valence-corrected chi connectivity index (χ3v) is 2.75. The fourth-order valence-corrected chi connectivity index (χ4v) is 1.59. The molecular weight excluding hydrogens is 358 g/mol. The number of ether oxygens (including phenoxy) is 1. The summed E-state index contributed by atoms with van der Waals surface area (Å²) in [4.78, 5) is 11.1. The Morgan fingerprint density at radius 2 is 1.75 bits per heavy atom. The smallest absolute Gasteiger partial charge is 0.405 e. The molecule has 1 aromatic rings. The van der Waals surface area contributed by atoms with Gasteiger partial charge in [-0.05, 0) is 17.7 Å². The minimum atomic E-state index is -5.25. The second-order valence-electron chi connectivity index (χ2n) is 3.73. The van der Waals surface area contributed by atoms with Crippen molar-refractivity contribution in [3.63, 3.8) is 0 Å². The highest BCUT2D eigenvalue weighted by molar-refractivity contribution is 9.09. The van der Waals surface area contributed by atoms with Gasteiger partial charge in [-0.15, -0.1) is 13.2 Å². The molecule has 0 radical (unpaired) electrons. The zero-order valence-corrected chi connectivity index (χ0v) is 11.2. The molecule has 1 rings (SSSR count). The number of halogens is 7. The molecule has 0 aromatic heterocycles. The number of benzene rings is 1. The molecule has 0 unspecified atom stereocenters. The summed E-state index contributed by atoms with van der Waals surface area (Å²) in [5.41, 5.74) is -1.55. The third kappa shape index (κ3) is 5.03. The Hall–Kier alpha value is -1.25. The maximum Gasteiger partial charge on any atom is 0.573 e. The van der Waals surface area contributed by atoms with Crippen molar-refractivity contribution in [3.8, 4) is 5.75 Å². The van der Waals surface area contributed by atoms with Crippen LogP contribution in [0.1, 0.15) is 11.1 Å². The van der Waals surface area contributed by atoms with E-state index in [0.717, 1.165) is 6.07 Å². The summed E-state index contributed by atoms with van der Waals surface area (Å²) >= 11 is 2.85. The van der Waals surface area contributed by atoms with Crippen LogP contribution in [0.2, 0.25) is 0 Å². The van der Waals surface area contributed by atoms with Crippen LogP contribution in [0.15, 0.2) is 18.2 Å². The van der Waals surface area contributed by atoms with Crippen LogP contribution in [0.4, 0.5) is 26.3 Å². The first kappa shape index (κ1) is 16.8. The minimum absolute atomic E-state index is 0.00157. The second kappa shape index (κ2) is 6.02. The highest BCUT2D eigenvalue weighted by Crippen LogP contribution is 2.38. The van der Waals surface area contributed by atoms with Gasteiger partial charge in [0.1, 0.15) is 11.5 Å². The van der Waals surface area contributed by atoms with Crippen LogP contribution in [0, 0.1) is 0 Å². The molecule has 1 aromatic carbocycles. The highest BCUT2D eigenvalue weighted by Gasteiger charge is 2.39. The van der Waals surface area contributed by atoms with Crippen molar-refractivity contribution in [2.24, 2.45) is 0 Å². The molecule has 0 N–H and O–H groups in total. The van der Waals surface area contributed by atoms with Crippen molar-refractivity contribution < 1.29 is 35.9 Å². The lowest BCUT2D eigenvalue weighted by Crippen LogP contribution is -2.20. The molecule has 0 heterocycles. The van der Waals surface area contributed by atoms with Gasteiger partial charge >= 0.3 is 12.5 Å². The number of carbonyl (C=O) groups excluding carboxylic acids is 1. The Labute approximate surface area is 117 Å². The average Bonchev–Trinajstić information content (AvgIpc) is 2.25. The van der Waals surface area contributed by atoms with Crippen LogP contribution >= 0.6 is 15.9 Å². The fourth-order valence-electron chi connectivity index (χ4n) is 1.39. The molecule has 0 aliphatic rings. The van der Waals surface area contributed by atoms with Crippen molar-refractivity contribution in [2.75, 3.05) is 5.33 Å². The summed E-state index contributed by atoms with van der Waals surface area (Å²) in [5.74, 6) is -1.76. The molecule has 0 bridgehead atoms. The lowest BCUT2D eigenvalue weighted by Gasteiger charge is -2.16. The first-order chi connectivity index (χ1) is 9.03. The monoisotopic (exact) mass is 364 g/mol. The number of rotatable bonds is 4. The topological polar surface area (TPSA) is 26.3 Å². The molecule has 0 spiro atoms. The van der Waals surface area contributed by atoms with Crippen LogP contribution in [0.3, 0.4) is 0 Å². The summed E-state index contributed by atoms with van der Waals surface area (Å²) in [7, 11) is 0. The van der Waals surface area contributed by atoms with E-state index in [0.29, 0.717) is 12.1 Å². The largest absolute Gasteiger partial charge is 0.573 e. The van der Waals surface area contributed by atoms with Gasteiger partial charge in [0.25, 0.3) is 0 Å². The van der Waals surface area contributed by atoms with Crippen molar-refractivity contribution >= 4 is 21.7 Å². The van der Waals surface area contributed by atoms with E-state index in [2.05, 4.69) is 20.7 Å². The van der Waals surface area contributed by atoms with Gasteiger partial charge in [0.2, 0.25) is 0 Å². The zero-order chi connectivity index (χ0) is 15.6. The Morgan fingerprint density at radius 1 is 1.15 bits per heavy atom. The van der Waals surface area contributed by atoms with E-state index < -0.39 is 23.9 Å². The lowest BCUT2D eigenvalue weighted by atomic mass is 10.1. The van der Waals surface area contributed by atoms with E-state index in [1.807, 2.05) is 0 Å². The van der Waals surface area contributed by atoms with Crippen LogP contribution < -0.4 is 4.74 Å². The molecule has 0 fully saturated rings. The van der Waals surface area contributed by atoms with Gasteiger partial charge in [-0.25, -0.2) is 0 Å². The summed E-state index contributed by atoms with van der Waals surface area (Å²) in [5, 5.41) is -0.0521. The minimum Gasteiger partial charge on any atom is -0.405 e. The Bertz CT molecular complexity index is 495. The molecule has 0 saturated heterocycles. The van der Waals surface area contributed by atoms with E-state index in [1.165, 1.54) is 0 Å². The first-order valence-electron chi connectivity index (χ1n) is 5.06. The third-order valence-electron chi connectivity index (χ3n) is 2.13. The van der Waals surface area contributed by atoms with E-state index in [1.54, 1.807) is 0 Å². The zero-order valence-electron chi connectivity index (χ0n) is 9.61. The molecule has 0 atom stereocenters. The normalized spacial score (nSPS) is 12.3. The van der Waals surface area contributed by atoms with Crippen LogP contribution in [0.25, 0.3) is 0 Å². The number of ketones is 1. The van der Waals surface area contributed by atoms with E-state index in [9.17, 15) is 31.1 Å². The second-order valence-corrected chi connectivity index (χ2v) is 4.29. The number of hydrogen-bond acceptors (Lipinski definition) is 2. The molecule has 0 aliphatic heterocycles. The summed E-state index contributed by atoms with van der Waals surface area (Å²) in [6, 6.07) is 1.96. The van der Waals surface area contributed by atoms with Gasteiger partial charge in [-0.2, -0.15) is 13.2 Å². The quantitative estimate of drug-likeness (QED) is 0.593. The maximum atomic E-state index is 12.6. The predicted molar refractivity (Wildman–Crippen MR) is 60.6 cm³/mol. The Morgan fingerprint density at radius 3 is 2.20 bits per heavy atom. The molecule has 112 valence electrons. The predicted octanol–water partition coefficient (Wildman–Crippen LogP) is 4.11. The number of Topliss-reactive ketones (excluding diaryl/α,β-unsaturated/α-hetero) is 1. The molecule has 0 amide bonds. The van der Waals surface area contributed by atoms with Crippen LogP contribution in [-0.4, -0.2) is 17.5 Å².